The summed E-state index contributed by atoms with van der Waals surface area (Å²) in [4.78, 5) is 34.4. The van der Waals surface area contributed by atoms with E-state index in [0.29, 0.717) is 16.8 Å². The molecule has 0 N–H and O–H groups in total. The molecule has 0 bridgehead atoms. The molecular weight excluding hydrogens is 380 g/mol. The summed E-state index contributed by atoms with van der Waals surface area (Å²) in [5.41, 5.74) is 1.52. The van der Waals surface area contributed by atoms with E-state index in [-0.39, 0.29) is 30.2 Å². The number of carbonyl (C=O) groups excluding carboxylic acids is 1. The topological polar surface area (TPSA) is 67.7 Å². The van der Waals surface area contributed by atoms with Crippen LogP contribution >= 0.6 is 0 Å². The van der Waals surface area contributed by atoms with Crippen LogP contribution in [0.4, 0.5) is 0 Å². The van der Waals surface area contributed by atoms with Crippen molar-refractivity contribution in [2.24, 2.45) is 5.92 Å². The van der Waals surface area contributed by atoms with Gasteiger partial charge in [-0.15, -0.1) is 0 Å². The number of morpholine rings is 1. The molecule has 2 atom stereocenters. The fraction of sp³-hybridized carbons (Fsp3) is 0.609. The summed E-state index contributed by atoms with van der Waals surface area (Å²) in [7, 11) is 0. The van der Waals surface area contributed by atoms with Crippen molar-refractivity contribution in [3.8, 4) is 0 Å². The van der Waals surface area contributed by atoms with E-state index < -0.39 is 0 Å². The zero-order valence-electron chi connectivity index (χ0n) is 18.2. The van der Waals surface area contributed by atoms with E-state index >= 15 is 0 Å². The van der Waals surface area contributed by atoms with Gasteiger partial charge in [0.05, 0.1) is 29.4 Å². The summed E-state index contributed by atoms with van der Waals surface area (Å²) in [5, 5.41) is 0.568. The van der Waals surface area contributed by atoms with Gasteiger partial charge in [0, 0.05) is 32.7 Å². The fourth-order valence-corrected chi connectivity index (χ4v) is 4.86. The van der Waals surface area contributed by atoms with E-state index in [9.17, 15) is 9.59 Å². The molecule has 7 heteroatoms. The molecule has 162 valence electrons. The first-order valence-corrected chi connectivity index (χ1v) is 11.0. The molecule has 0 unspecified atom stereocenters. The fourth-order valence-electron chi connectivity index (χ4n) is 4.86. The van der Waals surface area contributed by atoms with Crippen LogP contribution in [0, 0.1) is 12.8 Å². The van der Waals surface area contributed by atoms with Crippen LogP contribution in [0.5, 0.6) is 0 Å². The molecule has 3 heterocycles. The van der Waals surface area contributed by atoms with Crippen LogP contribution in [0.3, 0.4) is 0 Å². The summed E-state index contributed by atoms with van der Waals surface area (Å²) < 4.78 is 7.26. The Balaban J connectivity index is 1.33. The number of amides is 1. The molecule has 0 aliphatic carbocycles. The smallest absolute Gasteiger partial charge is 0.261 e. The highest BCUT2D eigenvalue weighted by Crippen LogP contribution is 2.21. The SMILES string of the molecule is Cc1cccc2c(=O)n(CC(=O)N3CCC(CN4C[C@H](C)O[C@@H](C)C4)CC3)cnc12. The Morgan fingerprint density at radius 3 is 2.57 bits per heavy atom. The lowest BCUT2D eigenvalue weighted by atomic mass is 9.95. The number of aryl methyl sites for hydroxylation is 1. The lowest BCUT2D eigenvalue weighted by molar-refractivity contribution is -0.133. The predicted molar refractivity (Wildman–Crippen MR) is 116 cm³/mol. The van der Waals surface area contributed by atoms with Crippen molar-refractivity contribution >= 4 is 16.8 Å². The van der Waals surface area contributed by atoms with E-state index in [1.165, 1.54) is 10.9 Å². The van der Waals surface area contributed by atoms with Gasteiger partial charge in [0.2, 0.25) is 5.91 Å². The summed E-state index contributed by atoms with van der Waals surface area (Å²) in [6.45, 7) is 10.8. The Morgan fingerprint density at radius 2 is 1.87 bits per heavy atom. The number of benzene rings is 1. The van der Waals surface area contributed by atoms with Gasteiger partial charge in [-0.1, -0.05) is 12.1 Å². The lowest BCUT2D eigenvalue weighted by Gasteiger charge is -2.39. The zero-order valence-corrected chi connectivity index (χ0v) is 18.2. The van der Waals surface area contributed by atoms with Gasteiger partial charge in [-0.3, -0.25) is 19.1 Å². The van der Waals surface area contributed by atoms with Crippen LogP contribution in [0.1, 0.15) is 32.3 Å². The number of carbonyl (C=O) groups is 1. The number of rotatable bonds is 4. The summed E-state index contributed by atoms with van der Waals surface area (Å²) in [6, 6.07) is 5.57. The minimum atomic E-state index is -0.150. The normalized spacial score (nSPS) is 23.8. The van der Waals surface area contributed by atoms with E-state index in [0.717, 1.165) is 51.1 Å². The molecule has 1 aromatic carbocycles. The molecule has 7 nitrogen and oxygen atoms in total. The average Bonchev–Trinajstić information content (AvgIpc) is 2.70. The van der Waals surface area contributed by atoms with Gasteiger partial charge in [0.1, 0.15) is 6.54 Å². The van der Waals surface area contributed by atoms with Crippen LogP contribution in [-0.4, -0.2) is 70.2 Å². The number of fused-ring (bicyclic) bond motifs is 1. The third kappa shape index (κ3) is 4.57. The average molecular weight is 413 g/mol. The second-order valence-corrected chi connectivity index (χ2v) is 8.95. The van der Waals surface area contributed by atoms with E-state index in [1.54, 1.807) is 6.07 Å². The van der Waals surface area contributed by atoms with Crippen LogP contribution < -0.4 is 5.56 Å². The predicted octanol–water partition coefficient (Wildman–Crippen LogP) is 2.05. The summed E-state index contributed by atoms with van der Waals surface area (Å²) in [6.07, 6.45) is 4.09. The number of nitrogens with zero attached hydrogens (tertiary/aromatic N) is 4. The Labute approximate surface area is 177 Å². The van der Waals surface area contributed by atoms with Crippen LogP contribution in [0.15, 0.2) is 29.3 Å². The highest BCUT2D eigenvalue weighted by atomic mass is 16.5. The van der Waals surface area contributed by atoms with E-state index in [4.69, 9.17) is 4.74 Å². The van der Waals surface area contributed by atoms with Gasteiger partial charge in [-0.25, -0.2) is 4.98 Å². The van der Waals surface area contributed by atoms with E-state index in [1.807, 2.05) is 24.0 Å². The van der Waals surface area contributed by atoms with Crippen molar-refractivity contribution in [2.45, 2.75) is 52.4 Å². The van der Waals surface area contributed by atoms with Crippen molar-refractivity contribution in [1.82, 2.24) is 19.4 Å². The maximum Gasteiger partial charge on any atom is 0.261 e. The first-order chi connectivity index (χ1) is 14.4. The maximum absolute atomic E-state index is 12.8. The Kier molecular flexibility index (Phi) is 6.20. The van der Waals surface area contributed by atoms with Crippen molar-refractivity contribution in [1.29, 1.82) is 0 Å². The highest BCUT2D eigenvalue weighted by molar-refractivity contribution is 5.81. The highest BCUT2D eigenvalue weighted by Gasteiger charge is 2.28. The first kappa shape index (κ1) is 21.0. The van der Waals surface area contributed by atoms with Gasteiger partial charge in [-0.2, -0.15) is 0 Å². The molecule has 1 amide bonds. The Bertz CT molecular complexity index is 955. The summed E-state index contributed by atoms with van der Waals surface area (Å²) in [5.74, 6) is 0.609. The molecule has 1 aromatic heterocycles. The number of piperidine rings is 1. The summed E-state index contributed by atoms with van der Waals surface area (Å²) >= 11 is 0. The molecule has 0 spiro atoms. The quantitative estimate of drug-likeness (QED) is 0.769. The second kappa shape index (κ2) is 8.86. The Morgan fingerprint density at radius 1 is 1.17 bits per heavy atom. The second-order valence-electron chi connectivity index (χ2n) is 8.95. The van der Waals surface area contributed by atoms with Gasteiger partial charge in [0.15, 0.2) is 0 Å². The largest absolute Gasteiger partial charge is 0.373 e. The van der Waals surface area contributed by atoms with Gasteiger partial charge in [0.25, 0.3) is 5.56 Å². The molecule has 0 radical (unpaired) electrons. The molecule has 2 aliphatic heterocycles. The molecule has 2 aliphatic rings. The molecule has 0 saturated carbocycles. The lowest BCUT2D eigenvalue weighted by Crippen LogP contribution is -2.49. The minimum absolute atomic E-state index is 0.00188. The zero-order chi connectivity index (χ0) is 21.3. The van der Waals surface area contributed by atoms with Crippen molar-refractivity contribution in [3.63, 3.8) is 0 Å². The molecule has 4 rings (SSSR count). The van der Waals surface area contributed by atoms with Crippen molar-refractivity contribution in [2.75, 3.05) is 32.7 Å². The molecule has 2 saturated heterocycles. The van der Waals surface area contributed by atoms with Crippen molar-refractivity contribution in [3.05, 3.63) is 40.4 Å². The minimum Gasteiger partial charge on any atom is -0.373 e. The Hall–Kier alpha value is -2.25. The maximum atomic E-state index is 12.8. The van der Waals surface area contributed by atoms with Gasteiger partial charge in [-0.05, 0) is 51.2 Å². The van der Waals surface area contributed by atoms with Crippen LogP contribution in [0.25, 0.3) is 10.9 Å². The molecular formula is C23H32N4O3. The van der Waals surface area contributed by atoms with Crippen LogP contribution in [-0.2, 0) is 16.1 Å². The number of para-hydroxylation sites is 1. The number of aromatic nitrogens is 2. The molecule has 30 heavy (non-hydrogen) atoms. The van der Waals surface area contributed by atoms with E-state index in [2.05, 4.69) is 23.7 Å². The number of hydrogen-bond donors (Lipinski definition) is 0. The third-order valence-electron chi connectivity index (χ3n) is 6.34. The van der Waals surface area contributed by atoms with Crippen molar-refractivity contribution < 1.29 is 9.53 Å². The molecule has 2 aromatic rings. The molecule has 2 fully saturated rings. The monoisotopic (exact) mass is 412 g/mol. The standard InChI is InChI=1S/C23H32N4O3/c1-16-5-4-6-20-22(16)24-15-27(23(20)29)14-21(28)26-9-7-19(8-10-26)13-25-11-17(2)30-18(3)12-25/h4-6,15,17-19H,7-14H2,1-3H3/t17-,18-/m0/s1. The van der Waals surface area contributed by atoms with Crippen LogP contribution in [0.2, 0.25) is 0 Å². The first-order valence-electron chi connectivity index (χ1n) is 11.0. The number of likely N-dealkylation sites (tertiary alicyclic amines) is 1. The number of hydrogen-bond acceptors (Lipinski definition) is 5. The number of ether oxygens (including phenoxy) is 1. The third-order valence-corrected chi connectivity index (χ3v) is 6.34. The van der Waals surface area contributed by atoms with Gasteiger partial charge < -0.3 is 9.64 Å². The van der Waals surface area contributed by atoms with Gasteiger partial charge >= 0.3 is 0 Å².